The fourth-order valence-electron chi connectivity index (χ4n) is 2.15. The van der Waals surface area contributed by atoms with Crippen molar-refractivity contribution < 1.29 is 22.8 Å². The number of alkyl halides is 3. The molecule has 2 rings (SSSR count). The van der Waals surface area contributed by atoms with Crippen LogP contribution in [0.5, 0.6) is 0 Å². The van der Waals surface area contributed by atoms with Crippen molar-refractivity contribution in [1.29, 1.82) is 0 Å². The molecule has 2 N–H and O–H groups in total. The third kappa shape index (κ3) is 5.47. The lowest BCUT2D eigenvalue weighted by Crippen LogP contribution is -2.14. The van der Waals surface area contributed by atoms with Gasteiger partial charge in [-0.1, -0.05) is 29.8 Å². The van der Waals surface area contributed by atoms with Gasteiger partial charge in [-0.05, 0) is 36.8 Å². The summed E-state index contributed by atoms with van der Waals surface area (Å²) < 4.78 is 38.7. The quantitative estimate of drug-likeness (QED) is 0.780. The highest BCUT2D eigenvalue weighted by Crippen LogP contribution is 2.34. The maximum absolute atomic E-state index is 12.9. The van der Waals surface area contributed by atoms with Gasteiger partial charge in [-0.3, -0.25) is 9.59 Å². The van der Waals surface area contributed by atoms with Gasteiger partial charge >= 0.3 is 6.18 Å². The van der Waals surface area contributed by atoms with Crippen molar-refractivity contribution in [2.75, 3.05) is 10.6 Å². The molecule has 2 aromatic rings. The van der Waals surface area contributed by atoms with E-state index in [1.165, 1.54) is 13.0 Å². The lowest BCUT2D eigenvalue weighted by atomic mass is 10.1. The molecule has 0 heterocycles. The minimum atomic E-state index is -4.56. The Morgan fingerprint density at radius 1 is 0.962 bits per heavy atom. The second-order valence-corrected chi connectivity index (χ2v) is 5.67. The number of rotatable bonds is 4. The highest BCUT2D eigenvalue weighted by molar-refractivity contribution is 6.05. The average Bonchev–Trinajstić information content (AvgIpc) is 2.54. The van der Waals surface area contributed by atoms with Gasteiger partial charge in [0.1, 0.15) is 0 Å². The van der Waals surface area contributed by atoms with Crippen molar-refractivity contribution in [2.24, 2.45) is 0 Å². The molecule has 0 radical (unpaired) electrons. The van der Waals surface area contributed by atoms with E-state index in [0.717, 1.165) is 29.3 Å². The summed E-state index contributed by atoms with van der Waals surface area (Å²) in [6.45, 7) is 3.15. The van der Waals surface area contributed by atoms with Crippen LogP contribution in [0.25, 0.3) is 6.08 Å². The summed E-state index contributed by atoms with van der Waals surface area (Å²) in [6, 6.07) is 10.1. The topological polar surface area (TPSA) is 58.2 Å². The molecule has 136 valence electrons. The van der Waals surface area contributed by atoms with E-state index in [1.54, 1.807) is 6.08 Å². The number of halogens is 3. The fourth-order valence-corrected chi connectivity index (χ4v) is 2.15. The standard InChI is InChI=1S/C19H17F3N2O2/c1-12-3-5-14(6-4-12)7-10-18(26)24-17-11-15(19(20,21)22)8-9-16(17)23-13(2)25/h3-11H,1-2H3,(H,23,25)(H,24,26)/b10-7+. The lowest BCUT2D eigenvalue weighted by Gasteiger charge is -2.14. The minimum absolute atomic E-state index is 0.0857. The third-order valence-electron chi connectivity index (χ3n) is 3.42. The fraction of sp³-hybridized carbons (Fsp3) is 0.158. The molecule has 0 spiro atoms. The van der Waals surface area contributed by atoms with E-state index >= 15 is 0 Å². The molecule has 0 saturated carbocycles. The SMILES string of the molecule is CC(=O)Nc1ccc(C(F)(F)F)cc1NC(=O)/C=C/c1ccc(C)cc1. The maximum Gasteiger partial charge on any atom is 0.416 e. The summed E-state index contributed by atoms with van der Waals surface area (Å²) in [4.78, 5) is 23.3. The van der Waals surface area contributed by atoms with Crippen LogP contribution in [0.2, 0.25) is 0 Å². The first-order valence-electron chi connectivity index (χ1n) is 7.70. The van der Waals surface area contributed by atoms with Gasteiger partial charge in [0.15, 0.2) is 0 Å². The summed E-state index contributed by atoms with van der Waals surface area (Å²) in [5.41, 5.74) is 0.868. The second-order valence-electron chi connectivity index (χ2n) is 5.67. The first-order valence-corrected chi connectivity index (χ1v) is 7.70. The van der Waals surface area contributed by atoms with Crippen LogP contribution in [0.15, 0.2) is 48.5 Å². The predicted molar refractivity (Wildman–Crippen MR) is 94.6 cm³/mol. The molecule has 0 bridgehead atoms. The highest BCUT2D eigenvalue weighted by Gasteiger charge is 2.31. The normalized spacial score (nSPS) is 11.4. The van der Waals surface area contributed by atoms with Crippen molar-refractivity contribution in [2.45, 2.75) is 20.0 Å². The number of aryl methyl sites for hydroxylation is 1. The van der Waals surface area contributed by atoms with Crippen LogP contribution >= 0.6 is 0 Å². The summed E-state index contributed by atoms with van der Waals surface area (Å²) in [5, 5.41) is 4.76. The van der Waals surface area contributed by atoms with Gasteiger partial charge in [0.25, 0.3) is 0 Å². The average molecular weight is 362 g/mol. The monoisotopic (exact) mass is 362 g/mol. The van der Waals surface area contributed by atoms with E-state index in [9.17, 15) is 22.8 Å². The molecule has 0 fully saturated rings. The Balaban J connectivity index is 2.23. The highest BCUT2D eigenvalue weighted by atomic mass is 19.4. The van der Waals surface area contributed by atoms with Crippen molar-refractivity contribution in [3.63, 3.8) is 0 Å². The molecule has 0 aliphatic heterocycles. The molecule has 2 aromatic carbocycles. The maximum atomic E-state index is 12.9. The lowest BCUT2D eigenvalue weighted by molar-refractivity contribution is -0.137. The molecule has 0 aliphatic rings. The number of anilines is 2. The molecule has 7 heteroatoms. The largest absolute Gasteiger partial charge is 0.416 e. The zero-order chi connectivity index (χ0) is 19.3. The van der Waals surface area contributed by atoms with Crippen LogP contribution in [-0.2, 0) is 15.8 Å². The molecular formula is C19H17F3N2O2. The van der Waals surface area contributed by atoms with Crippen LogP contribution in [-0.4, -0.2) is 11.8 Å². The van der Waals surface area contributed by atoms with E-state index < -0.39 is 23.6 Å². The molecule has 4 nitrogen and oxygen atoms in total. The van der Waals surface area contributed by atoms with Gasteiger partial charge in [-0.25, -0.2) is 0 Å². The molecule has 0 saturated heterocycles. The Morgan fingerprint density at radius 3 is 2.19 bits per heavy atom. The van der Waals surface area contributed by atoms with E-state index in [0.29, 0.717) is 0 Å². The van der Waals surface area contributed by atoms with Crippen molar-refractivity contribution in [3.05, 3.63) is 65.2 Å². The smallest absolute Gasteiger partial charge is 0.325 e. The zero-order valence-corrected chi connectivity index (χ0v) is 14.1. The van der Waals surface area contributed by atoms with Crippen LogP contribution in [0, 0.1) is 6.92 Å². The van der Waals surface area contributed by atoms with E-state index in [-0.39, 0.29) is 11.4 Å². The third-order valence-corrected chi connectivity index (χ3v) is 3.42. The van der Waals surface area contributed by atoms with Crippen molar-refractivity contribution in [1.82, 2.24) is 0 Å². The Bertz CT molecular complexity index is 841. The predicted octanol–water partition coefficient (Wildman–Crippen LogP) is 4.62. The van der Waals surface area contributed by atoms with E-state index in [4.69, 9.17) is 0 Å². The number of nitrogens with one attached hydrogen (secondary N) is 2. The number of hydrogen-bond donors (Lipinski definition) is 2. The van der Waals surface area contributed by atoms with Crippen LogP contribution < -0.4 is 10.6 Å². The number of amides is 2. The Morgan fingerprint density at radius 2 is 1.62 bits per heavy atom. The molecule has 2 amide bonds. The molecular weight excluding hydrogens is 345 g/mol. The van der Waals surface area contributed by atoms with Crippen LogP contribution in [0.3, 0.4) is 0 Å². The van der Waals surface area contributed by atoms with Crippen molar-refractivity contribution >= 4 is 29.3 Å². The molecule has 0 unspecified atom stereocenters. The molecule has 26 heavy (non-hydrogen) atoms. The summed E-state index contributed by atoms with van der Waals surface area (Å²) in [5.74, 6) is -1.08. The summed E-state index contributed by atoms with van der Waals surface area (Å²) >= 11 is 0. The minimum Gasteiger partial charge on any atom is -0.325 e. The van der Waals surface area contributed by atoms with E-state index in [2.05, 4.69) is 10.6 Å². The van der Waals surface area contributed by atoms with Gasteiger partial charge in [0.2, 0.25) is 11.8 Å². The summed E-state index contributed by atoms with van der Waals surface area (Å²) in [6.07, 6.45) is -1.81. The van der Waals surface area contributed by atoms with Crippen LogP contribution in [0.1, 0.15) is 23.6 Å². The first kappa shape index (κ1) is 19.2. The summed E-state index contributed by atoms with van der Waals surface area (Å²) in [7, 11) is 0. The molecule has 0 atom stereocenters. The van der Waals surface area contributed by atoms with Crippen LogP contribution in [0.4, 0.5) is 24.5 Å². The van der Waals surface area contributed by atoms with Gasteiger partial charge in [-0.2, -0.15) is 13.2 Å². The number of benzene rings is 2. The number of hydrogen-bond acceptors (Lipinski definition) is 2. The second kappa shape index (κ2) is 7.86. The number of carbonyl (C=O) groups is 2. The zero-order valence-electron chi connectivity index (χ0n) is 14.1. The molecule has 0 aromatic heterocycles. The Kier molecular flexibility index (Phi) is 5.82. The first-order chi connectivity index (χ1) is 12.1. The Hall–Kier alpha value is -3.09. The van der Waals surface area contributed by atoms with E-state index in [1.807, 2.05) is 31.2 Å². The van der Waals surface area contributed by atoms with Gasteiger partial charge < -0.3 is 10.6 Å². The van der Waals surface area contributed by atoms with Crippen molar-refractivity contribution in [3.8, 4) is 0 Å². The molecule has 0 aliphatic carbocycles. The Labute approximate surface area is 148 Å². The van der Waals surface area contributed by atoms with Gasteiger partial charge in [0, 0.05) is 13.0 Å². The van der Waals surface area contributed by atoms with Gasteiger partial charge in [0.05, 0.1) is 16.9 Å². The number of carbonyl (C=O) groups excluding carboxylic acids is 2. The van der Waals surface area contributed by atoms with Gasteiger partial charge in [-0.15, -0.1) is 0 Å².